The fourth-order valence-corrected chi connectivity index (χ4v) is 4.29. The highest BCUT2D eigenvalue weighted by Crippen LogP contribution is 2.35. The lowest BCUT2D eigenvalue weighted by Crippen LogP contribution is -2.22. The van der Waals surface area contributed by atoms with Crippen molar-refractivity contribution in [3.63, 3.8) is 0 Å². The summed E-state index contributed by atoms with van der Waals surface area (Å²) in [6, 6.07) is 8.45. The molecule has 0 bridgehead atoms. The minimum Gasteiger partial charge on any atom is -0.429 e. The number of benzene rings is 2. The van der Waals surface area contributed by atoms with Gasteiger partial charge in [0.1, 0.15) is 5.75 Å². The zero-order valence-corrected chi connectivity index (χ0v) is 17.5. The molecule has 0 saturated heterocycles. The summed E-state index contributed by atoms with van der Waals surface area (Å²) in [6.45, 7) is 2.24. The van der Waals surface area contributed by atoms with E-state index >= 15 is 0 Å². The van der Waals surface area contributed by atoms with Gasteiger partial charge in [0.2, 0.25) is 0 Å². The number of ether oxygens (including phenoxy) is 1. The first-order chi connectivity index (χ1) is 14.4. The maximum Gasteiger partial charge on any atom is 0.426 e. The van der Waals surface area contributed by atoms with Gasteiger partial charge in [-0.3, -0.25) is 0 Å². The van der Waals surface area contributed by atoms with Gasteiger partial charge in [-0.05, 0) is 54.5 Å². The fraction of sp³-hybridized carbons (Fsp3) is 0.520. The van der Waals surface area contributed by atoms with E-state index in [1.165, 1.54) is 57.1 Å². The molecule has 0 radical (unpaired) electrons. The molecule has 0 atom stereocenters. The molecular formula is C25H30F4O. The van der Waals surface area contributed by atoms with Gasteiger partial charge in [0.15, 0.2) is 11.6 Å². The van der Waals surface area contributed by atoms with Crippen LogP contribution in [0.5, 0.6) is 5.75 Å². The first-order valence-corrected chi connectivity index (χ1v) is 11.0. The van der Waals surface area contributed by atoms with Crippen molar-refractivity contribution in [1.82, 2.24) is 0 Å². The van der Waals surface area contributed by atoms with E-state index in [2.05, 4.69) is 11.7 Å². The second kappa shape index (κ2) is 10.3. The van der Waals surface area contributed by atoms with Crippen LogP contribution in [0.1, 0.15) is 69.4 Å². The van der Waals surface area contributed by atoms with E-state index in [9.17, 15) is 17.6 Å². The van der Waals surface area contributed by atoms with E-state index in [1.807, 2.05) is 0 Å². The van der Waals surface area contributed by atoms with Gasteiger partial charge in [-0.1, -0.05) is 64.0 Å². The summed E-state index contributed by atoms with van der Waals surface area (Å²) in [7, 11) is 0. The zero-order chi connectivity index (χ0) is 21.6. The monoisotopic (exact) mass is 422 g/mol. The van der Waals surface area contributed by atoms with Crippen molar-refractivity contribution in [2.75, 3.05) is 0 Å². The molecule has 1 aliphatic rings. The van der Waals surface area contributed by atoms with Crippen LogP contribution in [-0.4, -0.2) is 0 Å². The van der Waals surface area contributed by atoms with Gasteiger partial charge in [-0.25, -0.2) is 8.78 Å². The van der Waals surface area contributed by atoms with Crippen LogP contribution in [-0.2, 0) is 12.5 Å². The molecule has 5 heteroatoms. The first kappa shape index (κ1) is 22.6. The molecule has 0 amide bonds. The number of hydrogen-bond acceptors (Lipinski definition) is 1. The van der Waals surface area contributed by atoms with E-state index in [-0.39, 0.29) is 5.56 Å². The van der Waals surface area contributed by atoms with Crippen LogP contribution in [0.4, 0.5) is 17.6 Å². The van der Waals surface area contributed by atoms with Crippen LogP contribution in [0, 0.1) is 23.5 Å². The number of hydrogen-bond donors (Lipinski definition) is 0. The Morgan fingerprint density at radius 1 is 0.867 bits per heavy atom. The van der Waals surface area contributed by atoms with Gasteiger partial charge in [-0.2, -0.15) is 8.78 Å². The summed E-state index contributed by atoms with van der Waals surface area (Å²) in [5.41, 5.74) is 0.711. The normalized spacial score (nSPS) is 19.6. The molecule has 0 unspecified atom stereocenters. The largest absolute Gasteiger partial charge is 0.429 e. The Bertz CT molecular complexity index is 795. The molecule has 2 aromatic carbocycles. The van der Waals surface area contributed by atoms with Crippen molar-refractivity contribution in [3.8, 4) is 5.75 Å². The quantitative estimate of drug-likeness (QED) is 0.372. The van der Waals surface area contributed by atoms with E-state index in [4.69, 9.17) is 0 Å². The van der Waals surface area contributed by atoms with E-state index in [0.29, 0.717) is 6.07 Å². The minimum absolute atomic E-state index is 0.313. The average molecular weight is 423 g/mol. The Kier molecular flexibility index (Phi) is 7.79. The predicted octanol–water partition coefficient (Wildman–Crippen LogP) is 8.02. The van der Waals surface area contributed by atoms with Gasteiger partial charge in [0.05, 0.1) is 5.56 Å². The fourth-order valence-electron chi connectivity index (χ4n) is 4.29. The molecule has 0 N–H and O–H groups in total. The van der Waals surface area contributed by atoms with Crippen LogP contribution in [0.25, 0.3) is 0 Å². The Hall–Kier alpha value is -2.04. The molecule has 164 valence electrons. The van der Waals surface area contributed by atoms with Gasteiger partial charge < -0.3 is 4.74 Å². The first-order valence-electron chi connectivity index (χ1n) is 11.0. The predicted molar refractivity (Wildman–Crippen MR) is 111 cm³/mol. The molecule has 30 heavy (non-hydrogen) atoms. The van der Waals surface area contributed by atoms with Crippen LogP contribution >= 0.6 is 0 Å². The summed E-state index contributed by atoms with van der Waals surface area (Å²) in [5.74, 6) is -1.14. The summed E-state index contributed by atoms with van der Waals surface area (Å²) in [4.78, 5) is 0. The Morgan fingerprint density at radius 2 is 1.50 bits per heavy atom. The molecule has 1 nitrogen and oxygen atoms in total. The van der Waals surface area contributed by atoms with Crippen molar-refractivity contribution in [3.05, 3.63) is 65.2 Å². The highest BCUT2D eigenvalue weighted by molar-refractivity contribution is 5.28. The Labute approximate surface area is 176 Å². The second-order valence-electron chi connectivity index (χ2n) is 8.46. The van der Waals surface area contributed by atoms with Crippen molar-refractivity contribution >= 4 is 0 Å². The van der Waals surface area contributed by atoms with E-state index in [0.717, 1.165) is 42.4 Å². The van der Waals surface area contributed by atoms with Crippen LogP contribution in [0.3, 0.4) is 0 Å². The number of rotatable bonds is 9. The van der Waals surface area contributed by atoms with Crippen molar-refractivity contribution in [2.24, 2.45) is 11.8 Å². The maximum absolute atomic E-state index is 14.4. The molecule has 1 fully saturated rings. The average Bonchev–Trinajstić information content (AvgIpc) is 2.74. The molecule has 1 aliphatic carbocycles. The minimum atomic E-state index is -3.63. The van der Waals surface area contributed by atoms with Crippen LogP contribution in [0.15, 0.2) is 42.5 Å². The topological polar surface area (TPSA) is 9.23 Å². The van der Waals surface area contributed by atoms with Gasteiger partial charge >= 0.3 is 6.11 Å². The Morgan fingerprint density at radius 3 is 2.10 bits per heavy atom. The molecule has 1 saturated carbocycles. The number of unbranched alkanes of at least 4 members (excludes halogenated alkanes) is 1. The molecule has 0 aliphatic heterocycles. The standard InChI is InChI=1S/C25H30F4O/c1-2-3-4-18-5-7-19(8-6-18)9-10-20-11-13-21(14-12-20)25(28,29)30-22-15-16-23(26)24(27)17-22/h11-19H,2-10H2,1H3/t18-,19-. The summed E-state index contributed by atoms with van der Waals surface area (Å²) in [5, 5.41) is 0. The highest BCUT2D eigenvalue weighted by atomic mass is 19.3. The van der Waals surface area contributed by atoms with Crippen molar-refractivity contribution < 1.29 is 22.3 Å². The summed E-state index contributed by atoms with van der Waals surface area (Å²) >= 11 is 0. The molecule has 0 aromatic heterocycles. The number of aryl methyl sites for hydroxylation is 1. The Balaban J connectivity index is 1.50. The molecule has 2 aromatic rings. The van der Waals surface area contributed by atoms with Crippen LogP contribution in [0.2, 0.25) is 0 Å². The van der Waals surface area contributed by atoms with Crippen LogP contribution < -0.4 is 4.74 Å². The van der Waals surface area contributed by atoms with E-state index < -0.39 is 23.5 Å². The molecular weight excluding hydrogens is 392 g/mol. The molecule has 3 rings (SSSR count). The van der Waals surface area contributed by atoms with Crippen molar-refractivity contribution in [1.29, 1.82) is 0 Å². The zero-order valence-electron chi connectivity index (χ0n) is 17.5. The third-order valence-electron chi connectivity index (χ3n) is 6.20. The lowest BCUT2D eigenvalue weighted by molar-refractivity contribution is -0.185. The van der Waals surface area contributed by atoms with E-state index in [1.54, 1.807) is 12.1 Å². The lowest BCUT2D eigenvalue weighted by Gasteiger charge is -2.28. The van der Waals surface area contributed by atoms with Gasteiger partial charge in [-0.15, -0.1) is 0 Å². The SMILES string of the molecule is CCCC[C@H]1CC[C@H](CCc2ccc(C(F)(F)Oc3ccc(F)c(F)c3)cc2)CC1. The lowest BCUT2D eigenvalue weighted by atomic mass is 9.78. The summed E-state index contributed by atoms with van der Waals surface area (Å²) < 4.78 is 59.5. The number of alkyl halides is 2. The van der Waals surface area contributed by atoms with Gasteiger partial charge in [0, 0.05) is 6.07 Å². The third kappa shape index (κ3) is 6.23. The molecule has 0 spiro atoms. The van der Waals surface area contributed by atoms with Crippen molar-refractivity contribution in [2.45, 2.75) is 70.8 Å². The summed E-state index contributed by atoms with van der Waals surface area (Å²) in [6.07, 6.45) is 7.45. The smallest absolute Gasteiger partial charge is 0.426 e. The third-order valence-corrected chi connectivity index (χ3v) is 6.20. The second-order valence-corrected chi connectivity index (χ2v) is 8.46. The highest BCUT2D eigenvalue weighted by Gasteiger charge is 2.34. The molecule has 0 heterocycles. The maximum atomic E-state index is 14.4. The van der Waals surface area contributed by atoms with Gasteiger partial charge in [0.25, 0.3) is 0 Å². The number of halogens is 4.